The van der Waals surface area contributed by atoms with E-state index >= 15 is 0 Å². The van der Waals surface area contributed by atoms with Crippen molar-refractivity contribution in [3.05, 3.63) is 57.4 Å². The number of fused-ring (bicyclic) bond motifs is 1. The lowest BCUT2D eigenvalue weighted by Crippen LogP contribution is -2.37. The van der Waals surface area contributed by atoms with Crippen molar-refractivity contribution in [2.24, 2.45) is 0 Å². The summed E-state index contributed by atoms with van der Waals surface area (Å²) in [5, 5.41) is 15.2. The first-order valence-electron chi connectivity index (χ1n) is 7.87. The van der Waals surface area contributed by atoms with E-state index in [9.17, 15) is 14.9 Å². The zero-order valence-corrected chi connectivity index (χ0v) is 14.0. The summed E-state index contributed by atoms with van der Waals surface area (Å²) in [5.74, 6) is -0.112. The summed E-state index contributed by atoms with van der Waals surface area (Å²) in [6, 6.07) is 5.74. The Labute approximate surface area is 140 Å². The predicted octanol–water partition coefficient (Wildman–Crippen LogP) is 2.74. The molecular formula is C17H20N4O3. The monoisotopic (exact) mass is 328 g/mol. The van der Waals surface area contributed by atoms with E-state index in [-0.39, 0.29) is 17.1 Å². The van der Waals surface area contributed by atoms with E-state index in [2.05, 4.69) is 25.9 Å². The van der Waals surface area contributed by atoms with E-state index in [0.29, 0.717) is 18.7 Å². The van der Waals surface area contributed by atoms with Gasteiger partial charge in [0.2, 0.25) is 0 Å². The molecule has 0 aliphatic carbocycles. The number of carbonyl (C=O) groups excluding carboxylic acids is 1. The number of non-ortho nitro benzene ring substituents is 1. The fraction of sp³-hybridized carbons (Fsp3) is 0.412. The molecular weight excluding hydrogens is 308 g/mol. The summed E-state index contributed by atoms with van der Waals surface area (Å²) in [6.45, 7) is 7.45. The quantitative estimate of drug-likeness (QED) is 0.627. The second-order valence-electron chi connectivity index (χ2n) is 6.98. The van der Waals surface area contributed by atoms with Crippen LogP contribution in [0.15, 0.2) is 30.5 Å². The van der Waals surface area contributed by atoms with Crippen molar-refractivity contribution in [1.29, 1.82) is 0 Å². The molecule has 1 aliphatic rings. The maximum absolute atomic E-state index is 12.6. The maximum atomic E-state index is 12.6. The Morgan fingerprint density at radius 2 is 1.92 bits per heavy atom. The van der Waals surface area contributed by atoms with Crippen LogP contribution in [0.2, 0.25) is 0 Å². The van der Waals surface area contributed by atoms with Gasteiger partial charge in [-0.1, -0.05) is 0 Å². The van der Waals surface area contributed by atoms with Gasteiger partial charge in [0.15, 0.2) is 0 Å². The first-order valence-corrected chi connectivity index (χ1v) is 7.87. The Morgan fingerprint density at radius 3 is 2.50 bits per heavy atom. The van der Waals surface area contributed by atoms with Crippen LogP contribution in [-0.2, 0) is 18.5 Å². The maximum Gasteiger partial charge on any atom is 0.269 e. The van der Waals surface area contributed by atoms with E-state index in [0.717, 1.165) is 12.0 Å². The number of nitro groups is 1. The molecule has 0 N–H and O–H groups in total. The molecule has 7 nitrogen and oxygen atoms in total. The van der Waals surface area contributed by atoms with Gasteiger partial charge >= 0.3 is 0 Å². The molecule has 7 heteroatoms. The van der Waals surface area contributed by atoms with Gasteiger partial charge in [-0.2, -0.15) is 5.10 Å². The molecule has 0 fully saturated rings. The Kier molecular flexibility index (Phi) is 3.87. The molecule has 2 heterocycles. The third kappa shape index (κ3) is 2.89. The van der Waals surface area contributed by atoms with E-state index in [1.54, 1.807) is 4.90 Å². The Balaban J connectivity index is 1.79. The molecule has 126 valence electrons. The van der Waals surface area contributed by atoms with Gasteiger partial charge in [-0.25, -0.2) is 0 Å². The molecule has 0 radical (unpaired) electrons. The lowest BCUT2D eigenvalue weighted by Gasteiger charge is -2.30. The lowest BCUT2D eigenvalue weighted by molar-refractivity contribution is -0.384. The van der Waals surface area contributed by atoms with Gasteiger partial charge in [0.1, 0.15) is 0 Å². The van der Waals surface area contributed by atoms with Crippen molar-refractivity contribution in [3.8, 4) is 0 Å². The number of nitrogens with zero attached hydrogens (tertiary/aromatic N) is 4. The van der Waals surface area contributed by atoms with Crippen molar-refractivity contribution < 1.29 is 9.72 Å². The normalized spacial score (nSPS) is 14.4. The third-order valence-electron chi connectivity index (χ3n) is 4.18. The number of aromatic nitrogens is 2. The van der Waals surface area contributed by atoms with Crippen LogP contribution < -0.4 is 0 Å². The van der Waals surface area contributed by atoms with Crippen LogP contribution in [0.25, 0.3) is 0 Å². The van der Waals surface area contributed by atoms with Crippen molar-refractivity contribution >= 4 is 11.6 Å². The summed E-state index contributed by atoms with van der Waals surface area (Å²) in [4.78, 5) is 24.6. The number of nitro benzene ring substituents is 1. The fourth-order valence-corrected chi connectivity index (χ4v) is 2.99. The van der Waals surface area contributed by atoms with Gasteiger partial charge in [-0.3, -0.25) is 19.6 Å². The SMILES string of the molecule is CC(C)(C)n1ncc2c1CCN(C(=O)c1ccc([N+](=O)[O-])cc1)C2. The van der Waals surface area contributed by atoms with Crippen LogP contribution in [0.1, 0.15) is 42.4 Å². The van der Waals surface area contributed by atoms with Crippen LogP contribution in [0.4, 0.5) is 5.69 Å². The summed E-state index contributed by atoms with van der Waals surface area (Å²) in [6.07, 6.45) is 2.58. The second kappa shape index (κ2) is 5.74. The van der Waals surface area contributed by atoms with Crippen molar-refractivity contribution in [2.45, 2.75) is 39.3 Å². The van der Waals surface area contributed by atoms with Gasteiger partial charge in [-0.05, 0) is 32.9 Å². The van der Waals surface area contributed by atoms with Crippen LogP contribution >= 0.6 is 0 Å². The molecule has 24 heavy (non-hydrogen) atoms. The lowest BCUT2D eigenvalue weighted by atomic mass is 10.0. The minimum atomic E-state index is -0.470. The highest BCUT2D eigenvalue weighted by Crippen LogP contribution is 2.25. The molecule has 1 aliphatic heterocycles. The van der Waals surface area contributed by atoms with Crippen molar-refractivity contribution in [2.75, 3.05) is 6.54 Å². The van der Waals surface area contributed by atoms with Crippen LogP contribution in [-0.4, -0.2) is 32.1 Å². The van der Waals surface area contributed by atoms with Gasteiger partial charge in [0.25, 0.3) is 11.6 Å². The second-order valence-corrected chi connectivity index (χ2v) is 6.98. The molecule has 0 bridgehead atoms. The summed E-state index contributed by atoms with van der Waals surface area (Å²) in [5.41, 5.74) is 2.60. The first kappa shape index (κ1) is 16.2. The number of carbonyl (C=O) groups is 1. The van der Waals surface area contributed by atoms with E-state index in [1.165, 1.54) is 30.0 Å². The smallest absolute Gasteiger partial charge is 0.269 e. The van der Waals surface area contributed by atoms with Gasteiger partial charge < -0.3 is 4.90 Å². The molecule has 0 saturated carbocycles. The Bertz CT molecular complexity index is 787. The minimum Gasteiger partial charge on any atom is -0.334 e. The highest BCUT2D eigenvalue weighted by Gasteiger charge is 2.28. The Morgan fingerprint density at radius 1 is 1.25 bits per heavy atom. The van der Waals surface area contributed by atoms with E-state index in [1.807, 2.05) is 10.9 Å². The van der Waals surface area contributed by atoms with Crippen LogP contribution in [0.5, 0.6) is 0 Å². The van der Waals surface area contributed by atoms with Crippen molar-refractivity contribution in [1.82, 2.24) is 14.7 Å². The molecule has 1 amide bonds. The summed E-state index contributed by atoms with van der Waals surface area (Å²) < 4.78 is 2.02. The average molecular weight is 328 g/mol. The molecule has 1 aromatic carbocycles. The molecule has 0 spiro atoms. The molecule has 1 aromatic heterocycles. The van der Waals surface area contributed by atoms with Crippen LogP contribution in [0, 0.1) is 10.1 Å². The number of hydrogen-bond donors (Lipinski definition) is 0. The Hall–Kier alpha value is -2.70. The van der Waals surface area contributed by atoms with E-state index < -0.39 is 4.92 Å². The number of rotatable bonds is 2. The average Bonchev–Trinajstić information content (AvgIpc) is 2.97. The molecule has 3 rings (SSSR count). The topological polar surface area (TPSA) is 81.3 Å². The highest BCUT2D eigenvalue weighted by molar-refractivity contribution is 5.94. The predicted molar refractivity (Wildman–Crippen MR) is 88.8 cm³/mol. The van der Waals surface area contributed by atoms with Gasteiger partial charge in [-0.15, -0.1) is 0 Å². The van der Waals surface area contributed by atoms with Gasteiger partial charge in [0, 0.05) is 48.5 Å². The molecule has 0 unspecified atom stereocenters. The van der Waals surface area contributed by atoms with Gasteiger partial charge in [0.05, 0.1) is 16.7 Å². The van der Waals surface area contributed by atoms with Crippen LogP contribution in [0.3, 0.4) is 0 Å². The minimum absolute atomic E-state index is 0.0149. The number of amides is 1. The highest BCUT2D eigenvalue weighted by atomic mass is 16.6. The summed E-state index contributed by atoms with van der Waals surface area (Å²) in [7, 11) is 0. The first-order chi connectivity index (χ1) is 11.3. The summed E-state index contributed by atoms with van der Waals surface area (Å²) >= 11 is 0. The largest absolute Gasteiger partial charge is 0.334 e. The molecule has 2 aromatic rings. The molecule has 0 saturated heterocycles. The van der Waals surface area contributed by atoms with E-state index in [4.69, 9.17) is 0 Å². The number of benzene rings is 1. The zero-order chi connectivity index (χ0) is 17.5. The standard InChI is InChI=1S/C17H20N4O3/c1-17(2,3)20-15-8-9-19(11-13(15)10-18-20)16(22)12-4-6-14(7-5-12)21(23)24/h4-7,10H,8-9,11H2,1-3H3. The fourth-order valence-electron chi connectivity index (χ4n) is 2.99. The number of hydrogen-bond acceptors (Lipinski definition) is 4. The third-order valence-corrected chi connectivity index (χ3v) is 4.18. The molecule has 0 atom stereocenters. The van der Waals surface area contributed by atoms with Crippen molar-refractivity contribution in [3.63, 3.8) is 0 Å². The zero-order valence-electron chi connectivity index (χ0n) is 14.0.